The molecule has 0 atom stereocenters. The number of rotatable bonds is 5. The molecule has 1 aromatic rings. The maximum atomic E-state index is 8.64. The summed E-state index contributed by atoms with van der Waals surface area (Å²) in [7, 11) is 1.62. The van der Waals surface area contributed by atoms with Crippen molar-refractivity contribution in [3.8, 4) is 6.07 Å². The van der Waals surface area contributed by atoms with Crippen molar-refractivity contribution in [3.63, 3.8) is 0 Å². The van der Waals surface area contributed by atoms with Gasteiger partial charge in [-0.2, -0.15) is 5.26 Å². The Morgan fingerprint density at radius 2 is 2.20 bits per heavy atom. The van der Waals surface area contributed by atoms with Crippen LogP contribution in [0.3, 0.4) is 0 Å². The third-order valence-corrected chi connectivity index (χ3v) is 2.22. The monoisotopic (exact) mass is 225 g/mol. The molecule has 3 nitrogen and oxygen atoms in total. The van der Waals surface area contributed by atoms with Gasteiger partial charge in [0.05, 0.1) is 31.5 Å². The van der Waals surface area contributed by atoms with Gasteiger partial charge in [-0.3, -0.25) is 0 Å². The van der Waals surface area contributed by atoms with Gasteiger partial charge in [0, 0.05) is 12.1 Å². The minimum atomic E-state index is 0.438. The molecule has 0 fully saturated rings. The second-order valence-corrected chi connectivity index (χ2v) is 3.37. The topological polar surface area (TPSA) is 42.2 Å². The van der Waals surface area contributed by atoms with Crippen molar-refractivity contribution in [1.82, 2.24) is 0 Å². The predicted octanol–water partition coefficient (Wildman–Crippen LogP) is 2.37. The van der Waals surface area contributed by atoms with Crippen molar-refractivity contribution in [3.05, 3.63) is 34.3 Å². The van der Waals surface area contributed by atoms with E-state index in [0.29, 0.717) is 30.4 Å². The largest absolute Gasteiger partial charge is 0.382 e. The molecule has 0 bridgehead atoms. The lowest BCUT2D eigenvalue weighted by Gasteiger charge is -2.05. The number of ether oxygens (including phenoxy) is 2. The Balaban J connectivity index is 2.52. The van der Waals surface area contributed by atoms with E-state index in [2.05, 4.69) is 0 Å². The zero-order chi connectivity index (χ0) is 11.1. The third kappa shape index (κ3) is 3.88. The van der Waals surface area contributed by atoms with Gasteiger partial charge in [-0.1, -0.05) is 17.7 Å². The highest BCUT2D eigenvalue weighted by Gasteiger charge is 2.01. The van der Waals surface area contributed by atoms with E-state index in [-0.39, 0.29) is 0 Å². The third-order valence-electron chi connectivity index (χ3n) is 1.87. The zero-order valence-electron chi connectivity index (χ0n) is 8.50. The van der Waals surface area contributed by atoms with Crippen LogP contribution in [0.25, 0.3) is 0 Å². The summed E-state index contributed by atoms with van der Waals surface area (Å²) in [6.07, 6.45) is 0. The Morgan fingerprint density at radius 3 is 2.80 bits per heavy atom. The number of halogens is 1. The lowest BCUT2D eigenvalue weighted by molar-refractivity contribution is 0.0617. The lowest BCUT2D eigenvalue weighted by Crippen LogP contribution is -2.02. The first-order chi connectivity index (χ1) is 7.27. The number of methoxy groups -OCH3 is 1. The molecule has 0 aliphatic rings. The van der Waals surface area contributed by atoms with Crippen LogP contribution in [-0.2, 0) is 16.1 Å². The summed E-state index contributed by atoms with van der Waals surface area (Å²) in [4.78, 5) is 0. The predicted molar refractivity (Wildman–Crippen MR) is 57.7 cm³/mol. The average Bonchev–Trinajstić information content (AvgIpc) is 2.26. The van der Waals surface area contributed by atoms with Gasteiger partial charge >= 0.3 is 0 Å². The van der Waals surface area contributed by atoms with Crippen LogP contribution in [0.1, 0.15) is 11.1 Å². The van der Waals surface area contributed by atoms with Gasteiger partial charge < -0.3 is 9.47 Å². The summed E-state index contributed by atoms with van der Waals surface area (Å²) in [6.45, 7) is 1.54. The van der Waals surface area contributed by atoms with Gasteiger partial charge in [0.1, 0.15) is 0 Å². The summed E-state index contributed by atoms with van der Waals surface area (Å²) in [5, 5.41) is 9.20. The number of benzene rings is 1. The maximum absolute atomic E-state index is 8.64. The van der Waals surface area contributed by atoms with E-state index in [0.717, 1.165) is 5.56 Å². The molecule has 0 aliphatic carbocycles. The maximum Gasteiger partial charge on any atom is 0.0992 e. The Labute approximate surface area is 94.2 Å². The Morgan fingerprint density at radius 1 is 1.40 bits per heavy atom. The van der Waals surface area contributed by atoms with Crippen molar-refractivity contribution in [2.45, 2.75) is 6.61 Å². The van der Waals surface area contributed by atoms with E-state index >= 15 is 0 Å². The summed E-state index contributed by atoms with van der Waals surface area (Å²) < 4.78 is 10.2. The van der Waals surface area contributed by atoms with Crippen LogP contribution in [0.4, 0.5) is 0 Å². The molecule has 0 spiro atoms. The van der Waals surface area contributed by atoms with Gasteiger partial charge in [0.25, 0.3) is 0 Å². The smallest absolute Gasteiger partial charge is 0.0992 e. The number of nitriles is 1. The molecule has 0 amide bonds. The van der Waals surface area contributed by atoms with Crippen molar-refractivity contribution < 1.29 is 9.47 Å². The summed E-state index contributed by atoms with van der Waals surface area (Å²) in [6, 6.07) is 7.18. The van der Waals surface area contributed by atoms with E-state index in [4.69, 9.17) is 26.3 Å². The highest BCUT2D eigenvalue weighted by atomic mass is 35.5. The molecule has 15 heavy (non-hydrogen) atoms. The van der Waals surface area contributed by atoms with E-state index in [1.165, 1.54) is 0 Å². The Hall–Kier alpha value is -1.08. The van der Waals surface area contributed by atoms with Crippen molar-refractivity contribution in [1.29, 1.82) is 5.26 Å². The molecule has 0 saturated carbocycles. The van der Waals surface area contributed by atoms with E-state index in [9.17, 15) is 0 Å². The fourth-order valence-electron chi connectivity index (χ4n) is 1.06. The molecule has 0 unspecified atom stereocenters. The SMILES string of the molecule is COCCOCc1ccc(C#N)cc1Cl. The van der Waals surface area contributed by atoms with Crippen LogP contribution in [-0.4, -0.2) is 20.3 Å². The molecule has 0 heterocycles. The first kappa shape index (κ1) is 12.0. The molecule has 1 aromatic carbocycles. The molecule has 0 aliphatic heterocycles. The minimum absolute atomic E-state index is 0.438. The molecular weight excluding hydrogens is 214 g/mol. The standard InChI is InChI=1S/C11H12ClNO2/c1-14-4-5-15-8-10-3-2-9(7-13)6-11(10)12/h2-3,6H,4-5,8H2,1H3. The van der Waals surface area contributed by atoms with Crippen molar-refractivity contribution in [2.24, 2.45) is 0 Å². The molecule has 0 N–H and O–H groups in total. The van der Waals surface area contributed by atoms with E-state index < -0.39 is 0 Å². The number of nitrogens with zero attached hydrogens (tertiary/aromatic N) is 1. The fraction of sp³-hybridized carbons (Fsp3) is 0.364. The summed E-state index contributed by atoms with van der Waals surface area (Å²) in [5.74, 6) is 0. The minimum Gasteiger partial charge on any atom is -0.382 e. The molecule has 80 valence electrons. The van der Waals surface area contributed by atoms with Crippen LogP contribution in [0, 0.1) is 11.3 Å². The molecule has 4 heteroatoms. The van der Waals surface area contributed by atoms with E-state index in [1.54, 1.807) is 25.3 Å². The second-order valence-electron chi connectivity index (χ2n) is 2.96. The van der Waals surface area contributed by atoms with E-state index in [1.807, 2.05) is 6.07 Å². The summed E-state index contributed by atoms with van der Waals surface area (Å²) >= 11 is 5.96. The first-order valence-electron chi connectivity index (χ1n) is 4.53. The van der Waals surface area contributed by atoms with Crippen molar-refractivity contribution >= 4 is 11.6 Å². The van der Waals surface area contributed by atoms with Gasteiger partial charge in [-0.25, -0.2) is 0 Å². The average molecular weight is 226 g/mol. The Kier molecular flexibility index (Phi) is 5.13. The van der Waals surface area contributed by atoms with Gasteiger partial charge in [0.2, 0.25) is 0 Å². The highest BCUT2D eigenvalue weighted by molar-refractivity contribution is 6.31. The van der Waals surface area contributed by atoms with Crippen LogP contribution in [0.5, 0.6) is 0 Å². The number of hydrogen-bond donors (Lipinski definition) is 0. The second kappa shape index (κ2) is 6.41. The van der Waals surface area contributed by atoms with Crippen LogP contribution >= 0.6 is 11.6 Å². The zero-order valence-corrected chi connectivity index (χ0v) is 9.25. The van der Waals surface area contributed by atoms with Gasteiger partial charge in [0.15, 0.2) is 0 Å². The molecular formula is C11H12ClNO2. The first-order valence-corrected chi connectivity index (χ1v) is 4.91. The fourth-order valence-corrected chi connectivity index (χ4v) is 1.29. The van der Waals surface area contributed by atoms with Gasteiger partial charge in [-0.05, 0) is 17.7 Å². The molecule has 1 rings (SSSR count). The van der Waals surface area contributed by atoms with Crippen LogP contribution < -0.4 is 0 Å². The van der Waals surface area contributed by atoms with Crippen LogP contribution in [0.2, 0.25) is 5.02 Å². The quantitative estimate of drug-likeness (QED) is 0.723. The lowest BCUT2D eigenvalue weighted by atomic mass is 10.1. The molecule has 0 aromatic heterocycles. The normalized spacial score (nSPS) is 9.93. The Bertz CT molecular complexity index is 360. The van der Waals surface area contributed by atoms with Gasteiger partial charge in [-0.15, -0.1) is 0 Å². The summed E-state index contributed by atoms with van der Waals surface area (Å²) in [5.41, 5.74) is 1.44. The number of hydrogen-bond acceptors (Lipinski definition) is 3. The molecule has 0 radical (unpaired) electrons. The molecule has 0 saturated heterocycles. The highest BCUT2D eigenvalue weighted by Crippen LogP contribution is 2.18. The van der Waals surface area contributed by atoms with Crippen molar-refractivity contribution in [2.75, 3.05) is 20.3 Å². The van der Waals surface area contributed by atoms with Crippen LogP contribution in [0.15, 0.2) is 18.2 Å².